The van der Waals surface area contributed by atoms with Gasteiger partial charge in [-0.3, -0.25) is 5.43 Å². The Hall–Kier alpha value is -2.62. The molecule has 3 rings (SSSR count). The molecule has 0 aliphatic carbocycles. The van der Waals surface area contributed by atoms with Crippen LogP contribution in [0.2, 0.25) is 0 Å². The number of fused-ring (bicyclic) bond motifs is 1. The van der Waals surface area contributed by atoms with Gasteiger partial charge in [-0.1, -0.05) is 18.2 Å². The van der Waals surface area contributed by atoms with Crippen LogP contribution < -0.4 is 5.43 Å². The maximum atomic E-state index is 12.8. The monoisotopic (exact) mass is 281 g/mol. The van der Waals surface area contributed by atoms with Gasteiger partial charge in [-0.15, -0.1) is 0 Å². The molecule has 1 heterocycles. The van der Waals surface area contributed by atoms with Gasteiger partial charge in [0.25, 0.3) is 0 Å². The second kappa shape index (κ2) is 5.40. The summed E-state index contributed by atoms with van der Waals surface area (Å²) in [5.41, 5.74) is 7.09. The molecule has 0 fully saturated rings. The maximum absolute atomic E-state index is 12.8. The van der Waals surface area contributed by atoms with Gasteiger partial charge in [-0.2, -0.15) is 5.10 Å². The van der Waals surface area contributed by atoms with E-state index in [0.717, 1.165) is 16.9 Å². The molecule has 1 aromatic heterocycles. The van der Waals surface area contributed by atoms with Crippen molar-refractivity contribution in [3.05, 3.63) is 65.6 Å². The Kier molecular flexibility index (Phi) is 3.44. The van der Waals surface area contributed by atoms with Crippen LogP contribution in [0.4, 0.5) is 10.1 Å². The Morgan fingerprint density at radius 2 is 1.81 bits per heavy atom. The van der Waals surface area contributed by atoms with E-state index in [-0.39, 0.29) is 5.82 Å². The standard InChI is InChI=1S/C17H16FN3/c1-12-16(15-5-3-4-6-17(15)21(12)2)11-19-20-14-9-7-13(18)8-10-14/h3-11,20H,1-2H3/b19-11+. The van der Waals surface area contributed by atoms with E-state index >= 15 is 0 Å². The highest BCUT2D eigenvalue weighted by atomic mass is 19.1. The topological polar surface area (TPSA) is 29.3 Å². The molecule has 0 atom stereocenters. The van der Waals surface area contributed by atoms with E-state index in [1.807, 2.05) is 19.2 Å². The smallest absolute Gasteiger partial charge is 0.123 e. The summed E-state index contributed by atoms with van der Waals surface area (Å²) in [4.78, 5) is 0. The van der Waals surface area contributed by atoms with E-state index in [9.17, 15) is 4.39 Å². The molecule has 0 bridgehead atoms. The maximum Gasteiger partial charge on any atom is 0.123 e. The molecule has 1 N–H and O–H groups in total. The predicted octanol–water partition coefficient (Wildman–Crippen LogP) is 4.07. The Morgan fingerprint density at radius 3 is 2.57 bits per heavy atom. The molecule has 3 aromatic rings. The van der Waals surface area contributed by atoms with Crippen molar-refractivity contribution in [2.45, 2.75) is 6.92 Å². The number of hydrogen-bond acceptors (Lipinski definition) is 2. The third-order valence-electron chi connectivity index (χ3n) is 3.68. The van der Waals surface area contributed by atoms with Crippen molar-refractivity contribution < 1.29 is 4.39 Å². The molecule has 106 valence electrons. The third-order valence-corrected chi connectivity index (χ3v) is 3.68. The average molecular weight is 281 g/mol. The summed E-state index contributed by atoms with van der Waals surface area (Å²) < 4.78 is 15.0. The van der Waals surface area contributed by atoms with Crippen molar-refractivity contribution in [1.82, 2.24) is 4.57 Å². The van der Waals surface area contributed by atoms with Crippen molar-refractivity contribution >= 4 is 22.8 Å². The second-order valence-corrected chi connectivity index (χ2v) is 4.95. The molecule has 0 aliphatic heterocycles. The summed E-state index contributed by atoms with van der Waals surface area (Å²) in [7, 11) is 2.04. The molecule has 0 radical (unpaired) electrons. The van der Waals surface area contributed by atoms with E-state index in [1.54, 1.807) is 18.3 Å². The number of anilines is 1. The van der Waals surface area contributed by atoms with Gasteiger partial charge in [0.2, 0.25) is 0 Å². The second-order valence-electron chi connectivity index (χ2n) is 4.95. The molecule has 0 aliphatic rings. The number of aryl methyl sites for hydroxylation is 1. The average Bonchev–Trinajstić information content (AvgIpc) is 2.75. The summed E-state index contributed by atoms with van der Waals surface area (Å²) in [5.74, 6) is -0.255. The fourth-order valence-corrected chi connectivity index (χ4v) is 2.41. The Morgan fingerprint density at radius 1 is 1.10 bits per heavy atom. The number of nitrogens with one attached hydrogen (secondary N) is 1. The molecule has 0 saturated heterocycles. The minimum Gasteiger partial charge on any atom is -0.347 e. The zero-order chi connectivity index (χ0) is 14.8. The third kappa shape index (κ3) is 2.52. The van der Waals surface area contributed by atoms with Crippen LogP contribution in [0, 0.1) is 12.7 Å². The van der Waals surface area contributed by atoms with Crippen LogP contribution in [0.3, 0.4) is 0 Å². The molecule has 0 saturated carbocycles. The lowest BCUT2D eigenvalue weighted by Gasteiger charge is -2.00. The van der Waals surface area contributed by atoms with Gasteiger partial charge >= 0.3 is 0 Å². The number of hydrazone groups is 1. The number of rotatable bonds is 3. The lowest BCUT2D eigenvalue weighted by molar-refractivity contribution is 0.628. The zero-order valence-corrected chi connectivity index (χ0v) is 12.0. The minimum atomic E-state index is -0.255. The van der Waals surface area contributed by atoms with Crippen LogP contribution in [-0.2, 0) is 7.05 Å². The fourth-order valence-electron chi connectivity index (χ4n) is 2.41. The van der Waals surface area contributed by atoms with E-state index in [0.29, 0.717) is 0 Å². The van der Waals surface area contributed by atoms with Gasteiger partial charge in [0.15, 0.2) is 0 Å². The number of para-hydroxylation sites is 1. The predicted molar refractivity (Wildman–Crippen MR) is 85.3 cm³/mol. The first-order valence-corrected chi connectivity index (χ1v) is 6.75. The number of aromatic nitrogens is 1. The van der Waals surface area contributed by atoms with E-state index in [1.165, 1.54) is 23.0 Å². The van der Waals surface area contributed by atoms with Crippen molar-refractivity contribution in [2.24, 2.45) is 12.1 Å². The molecule has 0 amide bonds. The number of hydrogen-bond donors (Lipinski definition) is 1. The Labute approximate surface area is 122 Å². The van der Waals surface area contributed by atoms with Crippen LogP contribution >= 0.6 is 0 Å². The first kappa shape index (κ1) is 13.4. The molecule has 3 nitrogen and oxygen atoms in total. The highest BCUT2D eigenvalue weighted by molar-refractivity contribution is 6.01. The summed E-state index contributed by atoms with van der Waals surface area (Å²) in [6.45, 7) is 2.07. The molecular weight excluding hydrogens is 265 g/mol. The van der Waals surface area contributed by atoms with Crippen molar-refractivity contribution in [3.63, 3.8) is 0 Å². The van der Waals surface area contributed by atoms with Gasteiger partial charge in [-0.05, 0) is 37.3 Å². The Balaban J connectivity index is 1.89. The number of halogens is 1. The molecule has 0 unspecified atom stereocenters. The summed E-state index contributed by atoms with van der Waals surface area (Å²) >= 11 is 0. The van der Waals surface area contributed by atoms with Crippen LogP contribution in [0.15, 0.2) is 53.6 Å². The van der Waals surface area contributed by atoms with Crippen LogP contribution in [0.1, 0.15) is 11.3 Å². The first-order chi connectivity index (χ1) is 10.2. The SMILES string of the molecule is Cc1c(/C=N/Nc2ccc(F)cc2)c2ccccc2n1C. The molecule has 2 aromatic carbocycles. The van der Waals surface area contributed by atoms with E-state index in [2.05, 4.69) is 34.2 Å². The minimum absolute atomic E-state index is 0.255. The van der Waals surface area contributed by atoms with Crippen LogP contribution in [0.25, 0.3) is 10.9 Å². The normalized spacial score (nSPS) is 11.4. The Bertz CT molecular complexity index is 801. The number of benzene rings is 2. The fraction of sp³-hybridized carbons (Fsp3) is 0.118. The van der Waals surface area contributed by atoms with Gasteiger partial charge in [0, 0.05) is 29.2 Å². The van der Waals surface area contributed by atoms with E-state index in [4.69, 9.17) is 0 Å². The highest BCUT2D eigenvalue weighted by Crippen LogP contribution is 2.23. The van der Waals surface area contributed by atoms with Crippen molar-refractivity contribution in [2.75, 3.05) is 5.43 Å². The summed E-state index contributed by atoms with van der Waals surface area (Å²) in [5, 5.41) is 5.42. The highest BCUT2D eigenvalue weighted by Gasteiger charge is 2.08. The summed E-state index contributed by atoms with van der Waals surface area (Å²) in [6.07, 6.45) is 1.81. The lowest BCUT2D eigenvalue weighted by Crippen LogP contribution is -1.94. The van der Waals surface area contributed by atoms with Gasteiger partial charge < -0.3 is 4.57 Å². The first-order valence-electron chi connectivity index (χ1n) is 6.75. The summed E-state index contributed by atoms with van der Waals surface area (Å²) in [6, 6.07) is 14.3. The molecular formula is C17H16FN3. The zero-order valence-electron chi connectivity index (χ0n) is 12.0. The lowest BCUT2D eigenvalue weighted by atomic mass is 10.1. The van der Waals surface area contributed by atoms with Crippen LogP contribution in [0.5, 0.6) is 0 Å². The van der Waals surface area contributed by atoms with Crippen molar-refractivity contribution in [3.8, 4) is 0 Å². The molecule has 21 heavy (non-hydrogen) atoms. The van der Waals surface area contributed by atoms with Crippen LogP contribution in [-0.4, -0.2) is 10.8 Å². The molecule has 0 spiro atoms. The van der Waals surface area contributed by atoms with Crippen molar-refractivity contribution in [1.29, 1.82) is 0 Å². The van der Waals surface area contributed by atoms with Gasteiger partial charge in [-0.25, -0.2) is 4.39 Å². The largest absolute Gasteiger partial charge is 0.347 e. The number of nitrogens with zero attached hydrogens (tertiary/aromatic N) is 2. The molecule has 4 heteroatoms. The van der Waals surface area contributed by atoms with Gasteiger partial charge in [0.1, 0.15) is 5.82 Å². The van der Waals surface area contributed by atoms with Gasteiger partial charge in [0.05, 0.1) is 11.9 Å². The van der Waals surface area contributed by atoms with E-state index < -0.39 is 0 Å². The quantitative estimate of drug-likeness (QED) is 0.569.